The molecule has 2 aliphatic heterocycles. The molecule has 3 aromatic carbocycles. The summed E-state index contributed by atoms with van der Waals surface area (Å²) in [7, 11) is 0. The molecule has 1 saturated heterocycles. The van der Waals surface area contributed by atoms with E-state index in [2.05, 4.69) is 66.0 Å². The fourth-order valence-electron chi connectivity index (χ4n) is 4.74. The molecule has 1 fully saturated rings. The van der Waals surface area contributed by atoms with E-state index in [1.165, 1.54) is 11.1 Å². The van der Waals surface area contributed by atoms with Crippen LogP contribution in [-0.2, 0) is 4.74 Å². The highest BCUT2D eigenvalue weighted by atomic mass is 16.5. The van der Waals surface area contributed by atoms with Crippen molar-refractivity contribution in [2.24, 2.45) is 5.92 Å². The first-order valence-corrected chi connectivity index (χ1v) is 9.93. The van der Waals surface area contributed by atoms with Crippen LogP contribution >= 0.6 is 0 Å². The maximum absolute atomic E-state index is 6.21. The van der Waals surface area contributed by atoms with Crippen molar-refractivity contribution in [2.75, 3.05) is 11.9 Å². The van der Waals surface area contributed by atoms with Crippen LogP contribution in [0, 0.1) is 5.92 Å². The zero-order valence-electron chi connectivity index (χ0n) is 15.5. The number of ether oxygens (including phenoxy) is 1. The predicted molar refractivity (Wildman–Crippen MR) is 111 cm³/mol. The van der Waals surface area contributed by atoms with Crippen LogP contribution in [-0.4, -0.2) is 6.61 Å². The fourth-order valence-corrected chi connectivity index (χ4v) is 4.74. The lowest BCUT2D eigenvalue weighted by molar-refractivity contribution is 0.0829. The number of hydrogen-bond donors (Lipinski definition) is 1. The number of para-hydroxylation sites is 1. The molecule has 0 saturated carbocycles. The Labute approximate surface area is 163 Å². The molecular weight excluding hydrogens is 346 g/mol. The molecule has 3 heterocycles. The number of benzene rings is 3. The molecular formula is C25H21NO2. The Morgan fingerprint density at radius 1 is 0.857 bits per heavy atom. The summed E-state index contributed by atoms with van der Waals surface area (Å²) >= 11 is 0. The van der Waals surface area contributed by atoms with Crippen molar-refractivity contribution < 1.29 is 9.15 Å². The second-order valence-corrected chi connectivity index (χ2v) is 7.73. The van der Waals surface area contributed by atoms with E-state index in [4.69, 9.17) is 9.15 Å². The second kappa shape index (κ2) is 6.25. The summed E-state index contributed by atoms with van der Waals surface area (Å²) in [6.45, 7) is 0.814. The van der Waals surface area contributed by atoms with Gasteiger partial charge in [-0.15, -0.1) is 0 Å². The number of hydrogen-bond acceptors (Lipinski definition) is 3. The lowest BCUT2D eigenvalue weighted by atomic mass is 9.80. The first kappa shape index (κ1) is 16.0. The topological polar surface area (TPSA) is 34.4 Å². The largest absolute Gasteiger partial charge is 0.456 e. The molecule has 3 atom stereocenters. The number of anilines is 1. The molecule has 0 amide bonds. The van der Waals surface area contributed by atoms with Gasteiger partial charge in [0, 0.05) is 34.7 Å². The molecule has 3 nitrogen and oxygen atoms in total. The normalized spacial score (nSPS) is 23.2. The van der Waals surface area contributed by atoms with Gasteiger partial charge in [-0.2, -0.15) is 0 Å². The standard InChI is InChI=1S/C25H21NO2/c1-2-6-16(7-3-1)24-19-12-13-27-25(19)20-14-18(10-11-21(20)26-24)23-15-17-8-4-5-9-22(17)28-23/h1-11,14-15,19,24-26H,12-13H2/t19-,24+,25?/m0/s1. The first-order valence-electron chi connectivity index (χ1n) is 9.93. The number of rotatable bonds is 2. The maximum Gasteiger partial charge on any atom is 0.135 e. The van der Waals surface area contributed by atoms with Gasteiger partial charge in [-0.3, -0.25) is 0 Å². The van der Waals surface area contributed by atoms with E-state index in [0.29, 0.717) is 12.0 Å². The van der Waals surface area contributed by atoms with Crippen molar-refractivity contribution in [2.45, 2.75) is 18.6 Å². The Morgan fingerprint density at radius 2 is 1.71 bits per heavy atom. The summed E-state index contributed by atoms with van der Waals surface area (Å²) < 4.78 is 12.3. The van der Waals surface area contributed by atoms with Gasteiger partial charge in [-0.25, -0.2) is 0 Å². The van der Waals surface area contributed by atoms with Crippen LogP contribution in [0.15, 0.2) is 83.3 Å². The van der Waals surface area contributed by atoms with Crippen molar-refractivity contribution in [3.63, 3.8) is 0 Å². The molecule has 28 heavy (non-hydrogen) atoms. The third-order valence-corrected chi connectivity index (χ3v) is 6.10. The molecule has 2 aliphatic rings. The van der Waals surface area contributed by atoms with Gasteiger partial charge in [0.2, 0.25) is 0 Å². The minimum absolute atomic E-state index is 0.130. The van der Waals surface area contributed by atoms with Crippen molar-refractivity contribution in [1.82, 2.24) is 0 Å². The molecule has 1 aromatic heterocycles. The molecule has 6 rings (SSSR count). The second-order valence-electron chi connectivity index (χ2n) is 7.73. The van der Waals surface area contributed by atoms with E-state index >= 15 is 0 Å². The van der Waals surface area contributed by atoms with Crippen molar-refractivity contribution >= 4 is 16.7 Å². The summed E-state index contributed by atoms with van der Waals surface area (Å²) in [5.41, 5.74) is 5.76. The van der Waals surface area contributed by atoms with Crippen molar-refractivity contribution in [1.29, 1.82) is 0 Å². The van der Waals surface area contributed by atoms with Crippen molar-refractivity contribution in [3.8, 4) is 11.3 Å². The molecule has 4 aromatic rings. The monoisotopic (exact) mass is 367 g/mol. The van der Waals surface area contributed by atoms with Gasteiger partial charge >= 0.3 is 0 Å². The summed E-state index contributed by atoms with van der Waals surface area (Å²) in [5.74, 6) is 1.35. The van der Waals surface area contributed by atoms with Gasteiger partial charge in [0.05, 0.1) is 12.1 Å². The fraction of sp³-hybridized carbons (Fsp3) is 0.200. The Kier molecular flexibility index (Phi) is 3.56. The van der Waals surface area contributed by atoms with Crippen LogP contribution in [0.4, 0.5) is 5.69 Å². The van der Waals surface area contributed by atoms with E-state index in [1.54, 1.807) is 0 Å². The molecule has 1 unspecified atom stereocenters. The lowest BCUT2D eigenvalue weighted by Crippen LogP contribution is -2.29. The van der Waals surface area contributed by atoms with E-state index in [9.17, 15) is 0 Å². The van der Waals surface area contributed by atoms with Gasteiger partial charge in [0.25, 0.3) is 0 Å². The smallest absolute Gasteiger partial charge is 0.135 e. The Morgan fingerprint density at radius 3 is 2.61 bits per heavy atom. The van der Waals surface area contributed by atoms with Crippen LogP contribution in [0.2, 0.25) is 0 Å². The highest BCUT2D eigenvalue weighted by molar-refractivity contribution is 5.83. The SMILES string of the molecule is c1ccc([C@H]2Nc3ccc(-c4cc5ccccc5o4)cc3C3OCC[C@H]32)cc1. The van der Waals surface area contributed by atoms with Gasteiger partial charge in [0.15, 0.2) is 0 Å². The number of fused-ring (bicyclic) bond motifs is 4. The van der Waals surface area contributed by atoms with Crippen LogP contribution in [0.25, 0.3) is 22.3 Å². The quantitative estimate of drug-likeness (QED) is 0.449. The zero-order valence-corrected chi connectivity index (χ0v) is 15.5. The zero-order chi connectivity index (χ0) is 18.5. The molecule has 0 spiro atoms. The molecule has 1 N–H and O–H groups in total. The lowest BCUT2D eigenvalue weighted by Gasteiger charge is -2.36. The van der Waals surface area contributed by atoms with Crippen molar-refractivity contribution in [3.05, 3.63) is 90.0 Å². The van der Waals surface area contributed by atoms with Crippen LogP contribution in [0.5, 0.6) is 0 Å². The summed E-state index contributed by atoms with van der Waals surface area (Å²) in [5, 5.41) is 4.91. The van der Waals surface area contributed by atoms with E-state index in [0.717, 1.165) is 41.0 Å². The minimum atomic E-state index is 0.130. The van der Waals surface area contributed by atoms with Crippen LogP contribution in [0.3, 0.4) is 0 Å². The van der Waals surface area contributed by atoms with E-state index < -0.39 is 0 Å². The molecule has 138 valence electrons. The third kappa shape index (κ3) is 2.47. The third-order valence-electron chi connectivity index (χ3n) is 6.10. The summed E-state index contributed by atoms with van der Waals surface area (Å²) in [4.78, 5) is 0. The Hall–Kier alpha value is -3.04. The first-order chi connectivity index (χ1) is 13.9. The van der Waals surface area contributed by atoms with E-state index in [1.807, 2.05) is 18.2 Å². The molecule has 0 bridgehead atoms. The van der Waals surface area contributed by atoms with Crippen LogP contribution < -0.4 is 5.32 Å². The van der Waals surface area contributed by atoms with E-state index in [-0.39, 0.29) is 6.10 Å². The Bertz CT molecular complexity index is 1110. The van der Waals surface area contributed by atoms with Crippen LogP contribution in [0.1, 0.15) is 29.7 Å². The van der Waals surface area contributed by atoms with Gasteiger partial charge in [0.1, 0.15) is 11.3 Å². The highest BCUT2D eigenvalue weighted by Crippen LogP contribution is 2.50. The van der Waals surface area contributed by atoms with Gasteiger partial charge in [-0.05, 0) is 42.3 Å². The average molecular weight is 367 g/mol. The molecule has 0 aliphatic carbocycles. The number of nitrogens with one attached hydrogen (secondary N) is 1. The molecule has 3 heteroatoms. The number of furan rings is 1. The summed E-state index contributed by atoms with van der Waals surface area (Å²) in [6, 6.07) is 27.8. The predicted octanol–water partition coefficient (Wildman–Crippen LogP) is 6.34. The van der Waals surface area contributed by atoms with Gasteiger partial charge < -0.3 is 14.5 Å². The Balaban J connectivity index is 1.42. The maximum atomic E-state index is 6.21. The average Bonchev–Trinajstić information content (AvgIpc) is 3.41. The molecule has 0 radical (unpaired) electrons. The highest BCUT2D eigenvalue weighted by Gasteiger charge is 2.41. The van der Waals surface area contributed by atoms with Gasteiger partial charge in [-0.1, -0.05) is 48.5 Å². The minimum Gasteiger partial charge on any atom is -0.456 e. The summed E-state index contributed by atoms with van der Waals surface area (Å²) in [6.07, 6.45) is 1.21.